The Kier molecular flexibility index (Phi) is 4.53. The van der Waals surface area contributed by atoms with Crippen LogP contribution in [0.2, 0.25) is 0 Å². The zero-order chi connectivity index (χ0) is 17.2. The van der Waals surface area contributed by atoms with Gasteiger partial charge >= 0.3 is 0 Å². The molecule has 2 aliphatic rings. The second-order valence-electron chi connectivity index (χ2n) is 7.02. The van der Waals surface area contributed by atoms with Gasteiger partial charge in [0.25, 0.3) is 0 Å². The van der Waals surface area contributed by atoms with Gasteiger partial charge in [0.1, 0.15) is 13.2 Å². The van der Waals surface area contributed by atoms with E-state index < -0.39 is 0 Å². The van der Waals surface area contributed by atoms with Crippen LogP contribution in [-0.2, 0) is 6.42 Å². The van der Waals surface area contributed by atoms with E-state index in [1.807, 2.05) is 6.07 Å². The fourth-order valence-electron chi connectivity index (χ4n) is 3.84. The van der Waals surface area contributed by atoms with E-state index in [1.54, 1.807) is 0 Å². The third-order valence-corrected chi connectivity index (χ3v) is 5.23. The van der Waals surface area contributed by atoms with Crippen molar-refractivity contribution in [3.8, 4) is 11.5 Å². The molecule has 0 radical (unpaired) electrons. The summed E-state index contributed by atoms with van der Waals surface area (Å²) in [6, 6.07) is 15.4. The molecule has 2 heterocycles. The predicted octanol–water partition coefficient (Wildman–Crippen LogP) is 3.34. The first-order chi connectivity index (χ1) is 12.2. The summed E-state index contributed by atoms with van der Waals surface area (Å²) < 4.78 is 11.4. The predicted molar refractivity (Wildman–Crippen MR) is 101 cm³/mol. The Morgan fingerprint density at radius 1 is 1.00 bits per heavy atom. The Balaban J connectivity index is 1.55. The molecule has 0 aliphatic carbocycles. The van der Waals surface area contributed by atoms with Crippen molar-refractivity contribution in [2.75, 3.05) is 31.2 Å². The number of ether oxygens (including phenoxy) is 2. The van der Waals surface area contributed by atoms with Crippen LogP contribution in [0.1, 0.15) is 30.4 Å². The first-order valence-electron chi connectivity index (χ1n) is 9.22. The van der Waals surface area contributed by atoms with Crippen LogP contribution < -0.4 is 20.1 Å². The smallest absolute Gasteiger partial charge is 0.163 e. The van der Waals surface area contributed by atoms with E-state index in [0.717, 1.165) is 43.1 Å². The SMILES string of the molecule is CCc1ccc(C2CC(N)CN(c3ccc4c(c3)OCCO4)C2)cc1. The molecule has 0 aromatic heterocycles. The molecule has 0 spiro atoms. The first kappa shape index (κ1) is 16.3. The van der Waals surface area contributed by atoms with Crippen LogP contribution in [0, 0.1) is 0 Å². The number of nitrogens with zero attached hydrogens (tertiary/aromatic N) is 1. The number of benzene rings is 2. The highest BCUT2D eigenvalue weighted by molar-refractivity contribution is 5.57. The van der Waals surface area contributed by atoms with E-state index in [2.05, 4.69) is 48.2 Å². The van der Waals surface area contributed by atoms with Gasteiger partial charge in [-0.2, -0.15) is 0 Å². The molecule has 4 heteroatoms. The van der Waals surface area contributed by atoms with E-state index in [0.29, 0.717) is 19.1 Å². The molecule has 1 saturated heterocycles. The molecule has 2 aliphatic heterocycles. The maximum atomic E-state index is 6.39. The van der Waals surface area contributed by atoms with Crippen LogP contribution in [0.3, 0.4) is 0 Å². The van der Waals surface area contributed by atoms with Gasteiger partial charge in [-0.1, -0.05) is 31.2 Å². The minimum atomic E-state index is 0.179. The lowest BCUT2D eigenvalue weighted by atomic mass is 9.87. The van der Waals surface area contributed by atoms with E-state index in [9.17, 15) is 0 Å². The van der Waals surface area contributed by atoms with Gasteiger partial charge < -0.3 is 20.1 Å². The van der Waals surface area contributed by atoms with Crippen molar-refractivity contribution in [1.29, 1.82) is 0 Å². The lowest BCUT2D eigenvalue weighted by Gasteiger charge is -2.38. The van der Waals surface area contributed by atoms with Crippen LogP contribution in [0.25, 0.3) is 0 Å². The highest BCUT2D eigenvalue weighted by atomic mass is 16.6. The lowest BCUT2D eigenvalue weighted by molar-refractivity contribution is 0.171. The summed E-state index contributed by atoms with van der Waals surface area (Å²) in [6.07, 6.45) is 2.11. The Bertz CT molecular complexity index is 729. The van der Waals surface area contributed by atoms with E-state index in [1.165, 1.54) is 11.1 Å². The van der Waals surface area contributed by atoms with Gasteiger partial charge in [0, 0.05) is 36.8 Å². The Hall–Kier alpha value is -2.20. The monoisotopic (exact) mass is 338 g/mol. The van der Waals surface area contributed by atoms with Crippen molar-refractivity contribution >= 4 is 5.69 Å². The molecule has 2 atom stereocenters. The number of rotatable bonds is 3. The quantitative estimate of drug-likeness (QED) is 0.932. The standard InChI is InChI=1S/C21H26N2O2/c1-2-15-3-5-16(6-4-15)17-11-18(22)14-23(13-17)19-7-8-20-21(12-19)25-10-9-24-20/h3-8,12,17-18H,2,9-11,13-14,22H2,1H3. The third-order valence-electron chi connectivity index (χ3n) is 5.23. The average Bonchev–Trinajstić information content (AvgIpc) is 2.67. The van der Waals surface area contributed by atoms with E-state index >= 15 is 0 Å². The van der Waals surface area contributed by atoms with Crippen molar-refractivity contribution < 1.29 is 9.47 Å². The fourth-order valence-corrected chi connectivity index (χ4v) is 3.84. The molecule has 2 aromatic rings. The summed E-state index contributed by atoms with van der Waals surface area (Å²) in [5.41, 5.74) is 10.3. The van der Waals surface area contributed by atoms with Crippen molar-refractivity contribution in [1.82, 2.24) is 0 Å². The summed E-state index contributed by atoms with van der Waals surface area (Å²) in [7, 11) is 0. The van der Waals surface area contributed by atoms with Crippen LogP contribution in [0.4, 0.5) is 5.69 Å². The minimum Gasteiger partial charge on any atom is -0.486 e. The number of nitrogens with two attached hydrogens (primary N) is 1. The largest absolute Gasteiger partial charge is 0.486 e. The molecule has 1 fully saturated rings. The topological polar surface area (TPSA) is 47.7 Å². The first-order valence-corrected chi connectivity index (χ1v) is 9.22. The maximum absolute atomic E-state index is 6.39. The van der Waals surface area contributed by atoms with E-state index in [-0.39, 0.29) is 6.04 Å². The number of hydrogen-bond donors (Lipinski definition) is 1. The molecule has 0 bridgehead atoms. The summed E-state index contributed by atoms with van der Waals surface area (Å²) >= 11 is 0. The van der Waals surface area contributed by atoms with Gasteiger partial charge in [-0.15, -0.1) is 0 Å². The summed E-state index contributed by atoms with van der Waals surface area (Å²) in [4.78, 5) is 2.38. The highest BCUT2D eigenvalue weighted by Gasteiger charge is 2.27. The van der Waals surface area contributed by atoms with Gasteiger partial charge in [0.15, 0.2) is 11.5 Å². The summed E-state index contributed by atoms with van der Waals surface area (Å²) in [5.74, 6) is 2.14. The maximum Gasteiger partial charge on any atom is 0.163 e. The Morgan fingerprint density at radius 3 is 2.52 bits per heavy atom. The molecule has 2 unspecified atom stereocenters. The van der Waals surface area contributed by atoms with Crippen LogP contribution in [0.15, 0.2) is 42.5 Å². The van der Waals surface area contributed by atoms with Gasteiger partial charge in [0.05, 0.1) is 0 Å². The van der Waals surface area contributed by atoms with Crippen molar-refractivity contribution in [3.05, 3.63) is 53.6 Å². The fraction of sp³-hybridized carbons (Fsp3) is 0.429. The second kappa shape index (κ2) is 6.96. The van der Waals surface area contributed by atoms with Gasteiger partial charge in [0.2, 0.25) is 0 Å². The average molecular weight is 338 g/mol. The molecule has 0 amide bonds. The molecule has 4 nitrogen and oxygen atoms in total. The zero-order valence-corrected chi connectivity index (χ0v) is 14.8. The molecule has 2 N–H and O–H groups in total. The number of fused-ring (bicyclic) bond motifs is 1. The molecule has 132 valence electrons. The van der Waals surface area contributed by atoms with Gasteiger partial charge in [-0.05, 0) is 36.1 Å². The highest BCUT2D eigenvalue weighted by Crippen LogP contribution is 2.36. The molecule has 0 saturated carbocycles. The van der Waals surface area contributed by atoms with E-state index in [4.69, 9.17) is 15.2 Å². The molecule has 25 heavy (non-hydrogen) atoms. The third kappa shape index (κ3) is 3.45. The minimum absolute atomic E-state index is 0.179. The van der Waals surface area contributed by atoms with Crippen LogP contribution >= 0.6 is 0 Å². The molecule has 4 rings (SSSR count). The van der Waals surface area contributed by atoms with Crippen LogP contribution in [0.5, 0.6) is 11.5 Å². The van der Waals surface area contributed by atoms with Crippen LogP contribution in [-0.4, -0.2) is 32.3 Å². The number of anilines is 1. The molecule has 2 aromatic carbocycles. The second-order valence-corrected chi connectivity index (χ2v) is 7.02. The Labute approximate surface area is 149 Å². The van der Waals surface area contributed by atoms with Crippen molar-refractivity contribution in [3.63, 3.8) is 0 Å². The number of aryl methyl sites for hydroxylation is 1. The molecular formula is C21H26N2O2. The van der Waals surface area contributed by atoms with Crippen molar-refractivity contribution in [2.24, 2.45) is 5.73 Å². The number of hydrogen-bond acceptors (Lipinski definition) is 4. The van der Waals surface area contributed by atoms with Gasteiger partial charge in [-0.25, -0.2) is 0 Å². The summed E-state index contributed by atoms with van der Waals surface area (Å²) in [5, 5.41) is 0. The molecular weight excluding hydrogens is 312 g/mol. The Morgan fingerprint density at radius 2 is 1.76 bits per heavy atom. The van der Waals surface area contributed by atoms with Gasteiger partial charge in [-0.3, -0.25) is 0 Å². The summed E-state index contributed by atoms with van der Waals surface area (Å²) in [6.45, 7) is 5.29. The van der Waals surface area contributed by atoms with Crippen molar-refractivity contribution in [2.45, 2.75) is 31.7 Å². The lowest BCUT2D eigenvalue weighted by Crippen LogP contribution is -2.46. The number of piperidine rings is 1. The normalized spacial score (nSPS) is 22.7. The zero-order valence-electron chi connectivity index (χ0n) is 14.8.